The van der Waals surface area contributed by atoms with Crippen molar-refractivity contribution in [2.24, 2.45) is 0 Å². The lowest BCUT2D eigenvalue weighted by Gasteiger charge is -2.12. The van der Waals surface area contributed by atoms with Gasteiger partial charge in [0.15, 0.2) is 5.69 Å². The highest BCUT2D eigenvalue weighted by Crippen LogP contribution is 2.26. The van der Waals surface area contributed by atoms with Crippen molar-refractivity contribution in [3.8, 4) is 17.4 Å². The Morgan fingerprint density at radius 1 is 1.00 bits per heavy atom. The molecule has 0 unspecified atom stereocenters. The van der Waals surface area contributed by atoms with Gasteiger partial charge in [0.25, 0.3) is 11.8 Å². The van der Waals surface area contributed by atoms with Gasteiger partial charge in [-0.2, -0.15) is 4.98 Å². The third-order valence-corrected chi connectivity index (χ3v) is 4.32. The number of hydrogen-bond donors (Lipinski definition) is 3. The highest BCUT2D eigenvalue weighted by Gasteiger charge is 2.20. The quantitative estimate of drug-likeness (QED) is 0.543. The molecular formula is C22H23N3O4. The molecule has 1 heterocycles. The van der Waals surface area contributed by atoms with E-state index in [0.717, 1.165) is 11.1 Å². The molecule has 0 aliphatic carbocycles. The van der Waals surface area contributed by atoms with Crippen molar-refractivity contribution in [2.45, 2.75) is 26.3 Å². The fourth-order valence-corrected chi connectivity index (χ4v) is 2.86. The number of benzene rings is 2. The number of hydrogen-bond acceptors (Lipinski definition) is 6. The Morgan fingerprint density at radius 2 is 1.72 bits per heavy atom. The van der Waals surface area contributed by atoms with Crippen LogP contribution in [0.3, 0.4) is 0 Å². The monoisotopic (exact) mass is 393 g/mol. The number of aromatic nitrogens is 2. The first kappa shape index (κ1) is 20.1. The molecule has 0 saturated carbocycles. The Hall–Kier alpha value is -3.61. The zero-order valence-electron chi connectivity index (χ0n) is 16.1. The molecule has 7 nitrogen and oxygen atoms in total. The van der Waals surface area contributed by atoms with Crippen molar-refractivity contribution in [2.75, 3.05) is 6.61 Å². The van der Waals surface area contributed by atoms with E-state index in [1.54, 1.807) is 0 Å². The van der Waals surface area contributed by atoms with Gasteiger partial charge in [-0.15, -0.1) is 0 Å². The van der Waals surface area contributed by atoms with Crippen LogP contribution in [-0.4, -0.2) is 32.7 Å². The van der Waals surface area contributed by atoms with E-state index in [1.165, 1.54) is 0 Å². The molecule has 0 saturated heterocycles. The minimum atomic E-state index is -0.635. The third kappa shape index (κ3) is 5.22. The summed E-state index contributed by atoms with van der Waals surface area (Å²) in [5.74, 6) is -0.892. The molecule has 3 rings (SSSR count). The van der Waals surface area contributed by atoms with Crippen molar-refractivity contribution in [3.05, 3.63) is 77.2 Å². The van der Waals surface area contributed by atoms with E-state index in [0.29, 0.717) is 25.2 Å². The van der Waals surface area contributed by atoms with Crippen molar-refractivity contribution in [3.63, 3.8) is 0 Å². The highest BCUT2D eigenvalue weighted by atomic mass is 16.5. The highest BCUT2D eigenvalue weighted by molar-refractivity contribution is 5.95. The summed E-state index contributed by atoms with van der Waals surface area (Å²) in [5.41, 5.74) is 1.63. The zero-order valence-corrected chi connectivity index (χ0v) is 16.1. The van der Waals surface area contributed by atoms with Gasteiger partial charge in [-0.1, -0.05) is 48.5 Å². The number of carbonyl (C=O) groups excluding carboxylic acids is 1. The fourth-order valence-electron chi connectivity index (χ4n) is 2.86. The molecule has 0 aliphatic heterocycles. The van der Waals surface area contributed by atoms with Crippen molar-refractivity contribution >= 4 is 5.91 Å². The number of aryl methyl sites for hydroxylation is 2. The maximum absolute atomic E-state index is 12.6. The van der Waals surface area contributed by atoms with Crippen LogP contribution in [0.4, 0.5) is 0 Å². The first-order valence-corrected chi connectivity index (χ1v) is 9.40. The Morgan fingerprint density at radius 3 is 2.48 bits per heavy atom. The van der Waals surface area contributed by atoms with Crippen LogP contribution in [0.1, 0.15) is 34.4 Å². The van der Waals surface area contributed by atoms with Gasteiger partial charge < -0.3 is 20.3 Å². The van der Waals surface area contributed by atoms with Crippen LogP contribution in [0, 0.1) is 0 Å². The summed E-state index contributed by atoms with van der Waals surface area (Å²) in [6.45, 7) is 2.59. The zero-order chi connectivity index (χ0) is 20.6. The van der Waals surface area contributed by atoms with E-state index in [1.807, 2.05) is 61.5 Å². The number of nitrogens with one attached hydrogen (secondary N) is 1. The summed E-state index contributed by atoms with van der Waals surface area (Å²) in [6, 6.07) is 17.1. The summed E-state index contributed by atoms with van der Waals surface area (Å²) >= 11 is 0. The predicted molar refractivity (Wildman–Crippen MR) is 108 cm³/mol. The van der Waals surface area contributed by atoms with Gasteiger partial charge >= 0.3 is 0 Å². The second-order valence-electron chi connectivity index (χ2n) is 6.37. The summed E-state index contributed by atoms with van der Waals surface area (Å²) in [6.07, 6.45) is 1.07. The average molecular weight is 393 g/mol. The van der Waals surface area contributed by atoms with Gasteiger partial charge in [-0.05, 0) is 25.0 Å². The van der Waals surface area contributed by atoms with Crippen LogP contribution in [0.5, 0.6) is 17.4 Å². The van der Waals surface area contributed by atoms with Crippen molar-refractivity contribution < 1.29 is 19.7 Å². The Balaban J connectivity index is 1.72. The molecule has 0 bridgehead atoms. The summed E-state index contributed by atoms with van der Waals surface area (Å²) in [4.78, 5) is 20.6. The molecule has 0 spiro atoms. The fraction of sp³-hybridized carbons (Fsp3) is 0.227. The van der Waals surface area contributed by atoms with Crippen LogP contribution in [0.2, 0.25) is 0 Å². The molecule has 0 aliphatic rings. The number of nitrogens with zero attached hydrogens (tertiary/aromatic N) is 2. The first-order valence-electron chi connectivity index (χ1n) is 9.40. The molecular weight excluding hydrogens is 370 g/mol. The van der Waals surface area contributed by atoms with Gasteiger partial charge in [-0.25, -0.2) is 4.98 Å². The number of para-hydroxylation sites is 1. The maximum atomic E-state index is 12.6. The van der Waals surface area contributed by atoms with Crippen LogP contribution in [0.15, 0.2) is 54.6 Å². The Kier molecular flexibility index (Phi) is 6.63. The van der Waals surface area contributed by atoms with Gasteiger partial charge in [0.05, 0.1) is 6.61 Å². The Bertz CT molecular complexity index is 977. The second kappa shape index (κ2) is 9.54. The van der Waals surface area contributed by atoms with Crippen LogP contribution < -0.4 is 10.1 Å². The van der Waals surface area contributed by atoms with Crippen LogP contribution >= 0.6 is 0 Å². The van der Waals surface area contributed by atoms with Gasteiger partial charge in [-0.3, -0.25) is 4.79 Å². The number of aromatic hydroxyl groups is 2. The summed E-state index contributed by atoms with van der Waals surface area (Å²) in [7, 11) is 0. The number of amides is 1. The van der Waals surface area contributed by atoms with Gasteiger partial charge in [0.1, 0.15) is 11.6 Å². The average Bonchev–Trinajstić information content (AvgIpc) is 2.74. The molecule has 0 radical (unpaired) electrons. The molecule has 1 amide bonds. The topological polar surface area (TPSA) is 105 Å². The standard InChI is InChI=1S/C22H23N3O4/c1-2-29-17-11-7-6-10-16(17)14-23-21(27)19-20(26)22(28)25-18(24-19)13-12-15-8-4-3-5-9-15/h3-11,26H,2,12-14H2,1H3,(H,23,27)(H,24,25,28). The molecule has 0 fully saturated rings. The lowest BCUT2D eigenvalue weighted by molar-refractivity contribution is 0.0941. The minimum absolute atomic E-state index is 0.193. The van der Waals surface area contributed by atoms with E-state index in [4.69, 9.17) is 4.74 Å². The van der Waals surface area contributed by atoms with Gasteiger partial charge in [0, 0.05) is 18.5 Å². The molecule has 3 aromatic rings. The van der Waals surface area contributed by atoms with Crippen molar-refractivity contribution in [1.29, 1.82) is 0 Å². The van der Waals surface area contributed by atoms with Gasteiger partial charge in [0.2, 0.25) is 5.75 Å². The molecule has 1 aromatic heterocycles. The van der Waals surface area contributed by atoms with E-state index >= 15 is 0 Å². The molecule has 3 N–H and O–H groups in total. The summed E-state index contributed by atoms with van der Waals surface area (Å²) in [5, 5.41) is 22.7. The molecule has 2 aromatic carbocycles. The van der Waals surface area contributed by atoms with E-state index in [9.17, 15) is 15.0 Å². The Labute approximate surface area is 169 Å². The van der Waals surface area contributed by atoms with E-state index in [-0.39, 0.29) is 18.1 Å². The smallest absolute Gasteiger partial charge is 0.274 e. The molecule has 29 heavy (non-hydrogen) atoms. The second-order valence-corrected chi connectivity index (χ2v) is 6.37. The first-order chi connectivity index (χ1) is 14.1. The van der Waals surface area contributed by atoms with E-state index in [2.05, 4.69) is 15.3 Å². The maximum Gasteiger partial charge on any atom is 0.274 e. The van der Waals surface area contributed by atoms with E-state index < -0.39 is 17.5 Å². The molecule has 7 heteroatoms. The number of ether oxygens (including phenoxy) is 1. The van der Waals surface area contributed by atoms with Crippen molar-refractivity contribution in [1.82, 2.24) is 15.3 Å². The lowest BCUT2D eigenvalue weighted by atomic mass is 10.1. The van der Waals surface area contributed by atoms with Crippen LogP contribution in [0.25, 0.3) is 0 Å². The molecule has 0 atom stereocenters. The number of carbonyl (C=O) groups is 1. The SMILES string of the molecule is CCOc1ccccc1CNC(=O)c1nc(CCc2ccccc2)nc(O)c1O. The summed E-state index contributed by atoms with van der Waals surface area (Å²) < 4.78 is 5.54. The third-order valence-electron chi connectivity index (χ3n) is 4.32. The normalized spacial score (nSPS) is 10.5. The van der Waals surface area contributed by atoms with Crippen LogP contribution in [-0.2, 0) is 19.4 Å². The predicted octanol–water partition coefficient (Wildman–Crippen LogP) is 3.00. The number of rotatable bonds is 8. The largest absolute Gasteiger partial charge is 0.501 e. The lowest BCUT2D eigenvalue weighted by Crippen LogP contribution is -2.25. The molecule has 150 valence electrons. The minimum Gasteiger partial charge on any atom is -0.501 e.